The van der Waals surface area contributed by atoms with Crippen LogP contribution in [0.2, 0.25) is 0 Å². The van der Waals surface area contributed by atoms with Crippen molar-refractivity contribution in [1.82, 2.24) is 30.1 Å². The number of nitrogens with zero attached hydrogens (tertiary/aromatic N) is 4. The summed E-state index contributed by atoms with van der Waals surface area (Å²) in [4.78, 5) is 17.1. The summed E-state index contributed by atoms with van der Waals surface area (Å²) in [6.07, 6.45) is 7.83. The molecular weight excluding hydrogens is 481 g/mol. The van der Waals surface area contributed by atoms with Crippen LogP contribution in [0.3, 0.4) is 0 Å². The number of imidazole rings is 1. The van der Waals surface area contributed by atoms with Crippen molar-refractivity contribution in [3.05, 3.63) is 79.0 Å². The number of aromatic amines is 2. The number of aromatic nitrogens is 6. The first-order chi connectivity index (χ1) is 18.6. The summed E-state index contributed by atoms with van der Waals surface area (Å²) in [5, 5.41) is 22.0. The molecule has 188 valence electrons. The Bertz CT molecular complexity index is 1790. The van der Waals surface area contributed by atoms with Crippen LogP contribution in [0.15, 0.2) is 73.2 Å². The van der Waals surface area contributed by atoms with Gasteiger partial charge in [-0.3, -0.25) is 15.1 Å². The Labute approximate surface area is 217 Å². The number of aliphatic hydroxyl groups excluding tert-OH is 1. The Morgan fingerprint density at radius 2 is 1.84 bits per heavy atom. The van der Waals surface area contributed by atoms with Crippen molar-refractivity contribution in [3.8, 4) is 33.9 Å². The predicted octanol–water partition coefficient (Wildman–Crippen LogP) is 5.90. The van der Waals surface area contributed by atoms with E-state index < -0.39 is 6.23 Å². The summed E-state index contributed by atoms with van der Waals surface area (Å²) < 4.78 is 14.6. The lowest BCUT2D eigenvalue weighted by atomic mass is 9.84. The van der Waals surface area contributed by atoms with Gasteiger partial charge in [0.25, 0.3) is 0 Å². The molecule has 0 radical (unpaired) electrons. The van der Waals surface area contributed by atoms with Gasteiger partial charge in [-0.1, -0.05) is 36.8 Å². The summed E-state index contributed by atoms with van der Waals surface area (Å²) in [5.41, 5.74) is 6.36. The van der Waals surface area contributed by atoms with E-state index in [1.807, 2.05) is 36.4 Å². The molecule has 1 aliphatic carbocycles. The van der Waals surface area contributed by atoms with Gasteiger partial charge in [0.2, 0.25) is 0 Å². The predicted molar refractivity (Wildman–Crippen MR) is 145 cm³/mol. The summed E-state index contributed by atoms with van der Waals surface area (Å²) >= 11 is 0. The van der Waals surface area contributed by atoms with Gasteiger partial charge >= 0.3 is 0 Å². The van der Waals surface area contributed by atoms with Crippen LogP contribution < -0.4 is 5.32 Å². The van der Waals surface area contributed by atoms with E-state index >= 15 is 0 Å². The minimum atomic E-state index is -0.584. The van der Waals surface area contributed by atoms with Crippen LogP contribution in [0.5, 0.6) is 0 Å². The number of fused-ring (bicyclic) bond motifs is 2. The summed E-state index contributed by atoms with van der Waals surface area (Å²) in [7, 11) is 0. The highest BCUT2D eigenvalue weighted by molar-refractivity contribution is 5.97. The number of H-pyrrole nitrogens is 2. The number of rotatable bonds is 6. The van der Waals surface area contributed by atoms with Gasteiger partial charge in [-0.05, 0) is 37.1 Å². The standard InChI is InChI=1S/C29H24FN7O/c30-22-9-2-1-7-19(22)20-8-4-10-23-26(20)35-28(34-23)27-21-12-24(32-15-25(21)36-37-27)17-11-18(14-31-13-17)33-29(38)16-5-3-6-16/h1-2,4,7-16,29,33,38H,3,5-6H2,(H,34,35)(H,36,37). The molecule has 0 amide bonds. The van der Waals surface area contributed by atoms with Crippen molar-refractivity contribution in [2.45, 2.75) is 25.5 Å². The van der Waals surface area contributed by atoms with E-state index in [0.717, 1.165) is 52.6 Å². The molecule has 0 spiro atoms. The van der Waals surface area contributed by atoms with Crippen LogP contribution in [0.25, 0.3) is 55.8 Å². The molecule has 0 saturated heterocycles. The third-order valence-corrected chi connectivity index (χ3v) is 7.29. The first-order valence-electron chi connectivity index (χ1n) is 12.6. The van der Waals surface area contributed by atoms with Crippen molar-refractivity contribution in [2.75, 3.05) is 5.32 Å². The van der Waals surface area contributed by atoms with Crippen molar-refractivity contribution in [3.63, 3.8) is 0 Å². The Morgan fingerprint density at radius 3 is 2.68 bits per heavy atom. The van der Waals surface area contributed by atoms with Gasteiger partial charge in [0, 0.05) is 34.2 Å². The van der Waals surface area contributed by atoms with E-state index in [9.17, 15) is 9.50 Å². The SMILES string of the molecule is OC(Nc1cncc(-c2cc3c(-c4nc5c(-c6ccccc6F)cccc5[nH]4)n[nH]c3cn2)c1)C1CCC1. The molecule has 4 heterocycles. The van der Waals surface area contributed by atoms with Crippen LogP contribution in [0.4, 0.5) is 10.1 Å². The fourth-order valence-corrected chi connectivity index (χ4v) is 5.00. The quantitative estimate of drug-likeness (QED) is 0.210. The number of nitrogens with one attached hydrogen (secondary N) is 3. The third-order valence-electron chi connectivity index (χ3n) is 7.29. The second kappa shape index (κ2) is 9.04. The number of benzene rings is 2. The van der Waals surface area contributed by atoms with Crippen molar-refractivity contribution in [1.29, 1.82) is 0 Å². The van der Waals surface area contributed by atoms with Gasteiger partial charge < -0.3 is 15.4 Å². The maximum Gasteiger partial charge on any atom is 0.159 e. The minimum Gasteiger partial charge on any atom is -0.374 e. The van der Waals surface area contributed by atoms with Gasteiger partial charge in [0.15, 0.2) is 5.82 Å². The van der Waals surface area contributed by atoms with E-state index in [4.69, 9.17) is 4.98 Å². The molecule has 1 atom stereocenters. The largest absolute Gasteiger partial charge is 0.374 e. The Kier molecular flexibility index (Phi) is 5.36. The van der Waals surface area contributed by atoms with Gasteiger partial charge in [-0.15, -0.1) is 0 Å². The number of para-hydroxylation sites is 1. The molecule has 1 saturated carbocycles. The fraction of sp³-hybridized carbons (Fsp3) is 0.172. The molecule has 9 heteroatoms. The minimum absolute atomic E-state index is 0.282. The molecule has 7 rings (SSSR count). The average molecular weight is 506 g/mol. The smallest absolute Gasteiger partial charge is 0.159 e. The normalized spacial score (nSPS) is 14.6. The van der Waals surface area contributed by atoms with E-state index in [0.29, 0.717) is 28.2 Å². The number of hydrogen-bond donors (Lipinski definition) is 4. The highest BCUT2D eigenvalue weighted by Gasteiger charge is 2.25. The number of halogens is 1. The number of anilines is 1. The van der Waals surface area contributed by atoms with Crippen LogP contribution in [0.1, 0.15) is 19.3 Å². The molecule has 4 N–H and O–H groups in total. The van der Waals surface area contributed by atoms with E-state index in [1.54, 1.807) is 30.7 Å². The number of pyridine rings is 2. The van der Waals surface area contributed by atoms with E-state index in [1.165, 1.54) is 6.07 Å². The molecule has 0 bridgehead atoms. The van der Waals surface area contributed by atoms with Crippen LogP contribution in [-0.2, 0) is 0 Å². The van der Waals surface area contributed by atoms with E-state index in [-0.39, 0.29) is 11.7 Å². The molecule has 1 unspecified atom stereocenters. The maximum atomic E-state index is 14.6. The Balaban J connectivity index is 1.26. The molecule has 1 fully saturated rings. The molecule has 1 aliphatic rings. The summed E-state index contributed by atoms with van der Waals surface area (Å²) in [5.74, 6) is 0.560. The van der Waals surface area contributed by atoms with Crippen molar-refractivity contribution in [2.24, 2.45) is 5.92 Å². The van der Waals surface area contributed by atoms with Crippen molar-refractivity contribution >= 4 is 27.6 Å². The zero-order valence-electron chi connectivity index (χ0n) is 20.3. The van der Waals surface area contributed by atoms with Gasteiger partial charge in [0.1, 0.15) is 17.7 Å². The highest BCUT2D eigenvalue weighted by atomic mass is 19.1. The van der Waals surface area contributed by atoms with Gasteiger partial charge in [-0.25, -0.2) is 9.37 Å². The molecule has 2 aromatic carbocycles. The molecule has 0 aliphatic heterocycles. The van der Waals surface area contributed by atoms with Crippen LogP contribution in [0, 0.1) is 11.7 Å². The lowest BCUT2D eigenvalue weighted by Gasteiger charge is -2.31. The van der Waals surface area contributed by atoms with Gasteiger partial charge in [0.05, 0.1) is 40.3 Å². The highest BCUT2D eigenvalue weighted by Crippen LogP contribution is 2.34. The first kappa shape index (κ1) is 22.6. The topological polar surface area (TPSA) is 115 Å². The van der Waals surface area contributed by atoms with Crippen LogP contribution in [-0.4, -0.2) is 41.5 Å². The zero-order valence-corrected chi connectivity index (χ0v) is 20.3. The molecule has 8 nitrogen and oxygen atoms in total. The second-order valence-corrected chi connectivity index (χ2v) is 9.70. The zero-order chi connectivity index (χ0) is 25.6. The molecule has 38 heavy (non-hydrogen) atoms. The maximum absolute atomic E-state index is 14.6. The molecule has 6 aromatic rings. The molecule has 4 aromatic heterocycles. The summed E-state index contributed by atoms with van der Waals surface area (Å²) in [6.45, 7) is 0. The molecular formula is C29H24FN7O. The lowest BCUT2D eigenvalue weighted by molar-refractivity contribution is 0.0851. The lowest BCUT2D eigenvalue weighted by Crippen LogP contribution is -2.33. The van der Waals surface area contributed by atoms with E-state index in [2.05, 4.69) is 30.5 Å². The Hall–Kier alpha value is -4.63. The number of hydrogen-bond acceptors (Lipinski definition) is 6. The average Bonchev–Trinajstić information content (AvgIpc) is 3.52. The van der Waals surface area contributed by atoms with Crippen LogP contribution >= 0.6 is 0 Å². The fourth-order valence-electron chi connectivity index (χ4n) is 5.00. The first-order valence-corrected chi connectivity index (χ1v) is 12.6. The summed E-state index contributed by atoms with van der Waals surface area (Å²) in [6, 6.07) is 16.2. The Morgan fingerprint density at radius 1 is 0.974 bits per heavy atom. The third kappa shape index (κ3) is 3.88. The second-order valence-electron chi connectivity index (χ2n) is 9.70. The van der Waals surface area contributed by atoms with Gasteiger partial charge in [-0.2, -0.15) is 5.10 Å². The number of aliphatic hydroxyl groups is 1. The van der Waals surface area contributed by atoms with Crippen molar-refractivity contribution < 1.29 is 9.50 Å². The monoisotopic (exact) mass is 505 g/mol.